The van der Waals surface area contributed by atoms with Crippen molar-refractivity contribution < 1.29 is 37.5 Å². The molecule has 0 unspecified atom stereocenters. The summed E-state index contributed by atoms with van der Waals surface area (Å²) in [5, 5.41) is 34.5. The quantitative estimate of drug-likeness (QED) is 0.326. The molecule has 0 N–H and O–H groups in total. The summed E-state index contributed by atoms with van der Waals surface area (Å²) in [6, 6.07) is 4.14. The summed E-state index contributed by atoms with van der Waals surface area (Å²) >= 11 is 0. The standard InChI is InChI=1S/C19H16F3N5O8/c1-35-18(28)11-2-3-13(14(8-11)25(29)30)23-4-6-24(7-5-23)17-15(26(31)32)9-12(19(20,21)22)10-16(17)27(33)34/h2-3,8-10H,4-7H2,1H3. The van der Waals surface area contributed by atoms with Gasteiger partial charge in [0.1, 0.15) is 5.69 Å². The van der Waals surface area contributed by atoms with Crippen molar-refractivity contribution in [3.8, 4) is 0 Å². The minimum absolute atomic E-state index is 0.00621. The molecular formula is C19H16F3N5O8. The maximum absolute atomic E-state index is 13.1. The van der Waals surface area contributed by atoms with Gasteiger partial charge < -0.3 is 14.5 Å². The normalized spacial score (nSPS) is 13.9. The lowest BCUT2D eigenvalue weighted by Crippen LogP contribution is -2.47. The van der Waals surface area contributed by atoms with Crippen LogP contribution in [0.5, 0.6) is 0 Å². The van der Waals surface area contributed by atoms with Crippen LogP contribution in [0.3, 0.4) is 0 Å². The van der Waals surface area contributed by atoms with Crippen LogP contribution in [-0.2, 0) is 10.9 Å². The van der Waals surface area contributed by atoms with Crippen LogP contribution < -0.4 is 9.80 Å². The summed E-state index contributed by atoms with van der Waals surface area (Å²) in [7, 11) is 1.11. The van der Waals surface area contributed by atoms with Gasteiger partial charge in [0, 0.05) is 44.4 Å². The molecule has 16 heteroatoms. The molecule has 0 aliphatic carbocycles. The van der Waals surface area contributed by atoms with E-state index < -0.39 is 55.2 Å². The molecule has 13 nitrogen and oxygen atoms in total. The van der Waals surface area contributed by atoms with Gasteiger partial charge in [-0.3, -0.25) is 30.3 Å². The molecular weight excluding hydrogens is 483 g/mol. The second-order valence-corrected chi connectivity index (χ2v) is 7.30. The van der Waals surface area contributed by atoms with Crippen LogP contribution in [0.25, 0.3) is 0 Å². The number of piperazine rings is 1. The number of hydrogen-bond donors (Lipinski definition) is 0. The summed E-state index contributed by atoms with van der Waals surface area (Å²) in [4.78, 5) is 46.0. The highest BCUT2D eigenvalue weighted by Gasteiger charge is 2.40. The molecule has 0 amide bonds. The summed E-state index contributed by atoms with van der Waals surface area (Å²) < 4.78 is 44.0. The van der Waals surface area contributed by atoms with Gasteiger partial charge in [-0.05, 0) is 12.1 Å². The molecule has 1 heterocycles. The van der Waals surface area contributed by atoms with E-state index in [2.05, 4.69) is 4.74 Å². The van der Waals surface area contributed by atoms with Crippen molar-refractivity contribution in [1.29, 1.82) is 0 Å². The molecule has 0 atom stereocenters. The Bertz CT molecular complexity index is 1180. The average molecular weight is 499 g/mol. The van der Waals surface area contributed by atoms with Crippen molar-refractivity contribution in [2.75, 3.05) is 43.1 Å². The third-order valence-corrected chi connectivity index (χ3v) is 5.32. The zero-order valence-electron chi connectivity index (χ0n) is 17.9. The first kappa shape index (κ1) is 25.1. The highest BCUT2D eigenvalue weighted by molar-refractivity contribution is 5.91. The average Bonchev–Trinajstić information content (AvgIpc) is 2.81. The maximum Gasteiger partial charge on any atom is 0.416 e. The fraction of sp³-hybridized carbons (Fsp3) is 0.316. The molecule has 0 aromatic heterocycles. The minimum Gasteiger partial charge on any atom is -0.465 e. The third-order valence-electron chi connectivity index (χ3n) is 5.32. The second kappa shape index (κ2) is 9.40. The maximum atomic E-state index is 13.1. The molecule has 3 rings (SSSR count). The molecule has 0 radical (unpaired) electrons. The molecule has 0 saturated carbocycles. The van der Waals surface area contributed by atoms with Crippen molar-refractivity contribution in [2.45, 2.75) is 6.18 Å². The Morgan fingerprint density at radius 3 is 1.77 bits per heavy atom. The molecule has 35 heavy (non-hydrogen) atoms. The Labute approximate surface area is 193 Å². The largest absolute Gasteiger partial charge is 0.465 e. The van der Waals surface area contributed by atoms with Crippen molar-refractivity contribution in [2.24, 2.45) is 0 Å². The first-order chi connectivity index (χ1) is 16.3. The van der Waals surface area contributed by atoms with Crippen LogP contribution in [0.1, 0.15) is 15.9 Å². The Balaban J connectivity index is 1.96. The number of ether oxygens (including phenoxy) is 1. The van der Waals surface area contributed by atoms with Gasteiger partial charge in [-0.1, -0.05) is 0 Å². The Kier molecular flexibility index (Phi) is 6.75. The predicted octanol–water partition coefficient (Wildman–Crippen LogP) is 3.54. The van der Waals surface area contributed by atoms with Crippen molar-refractivity contribution >= 4 is 34.4 Å². The summed E-state index contributed by atoms with van der Waals surface area (Å²) in [5.74, 6) is -0.786. The summed E-state index contributed by atoms with van der Waals surface area (Å²) in [5.41, 5.74) is -4.60. The number of carbonyl (C=O) groups is 1. The van der Waals surface area contributed by atoms with E-state index in [1.807, 2.05) is 0 Å². The van der Waals surface area contributed by atoms with Gasteiger partial charge in [-0.25, -0.2) is 4.79 Å². The highest BCUT2D eigenvalue weighted by atomic mass is 19.4. The van der Waals surface area contributed by atoms with E-state index in [0.717, 1.165) is 13.2 Å². The van der Waals surface area contributed by atoms with Crippen molar-refractivity contribution in [3.63, 3.8) is 0 Å². The van der Waals surface area contributed by atoms with Gasteiger partial charge in [0.25, 0.3) is 17.1 Å². The Morgan fingerprint density at radius 2 is 1.34 bits per heavy atom. The van der Waals surface area contributed by atoms with E-state index >= 15 is 0 Å². The monoisotopic (exact) mass is 499 g/mol. The number of rotatable bonds is 6. The third kappa shape index (κ3) is 5.04. The van der Waals surface area contributed by atoms with Gasteiger partial charge >= 0.3 is 12.1 Å². The topological polar surface area (TPSA) is 162 Å². The number of nitrogens with zero attached hydrogens (tertiary/aromatic N) is 5. The number of carbonyl (C=O) groups excluding carboxylic acids is 1. The van der Waals surface area contributed by atoms with Crippen LogP contribution in [-0.4, -0.2) is 54.0 Å². The van der Waals surface area contributed by atoms with Crippen LogP contribution in [0.4, 0.5) is 41.6 Å². The number of nitro benzene ring substituents is 3. The second-order valence-electron chi connectivity index (χ2n) is 7.30. The SMILES string of the molecule is COC(=O)c1ccc(N2CCN(c3c([N+](=O)[O-])cc(C(F)(F)F)cc3[N+](=O)[O-])CC2)c([N+](=O)[O-])c1. The Hall–Kier alpha value is -4.50. The molecule has 1 aliphatic heterocycles. The van der Waals surface area contributed by atoms with Crippen LogP contribution in [0.15, 0.2) is 30.3 Å². The minimum atomic E-state index is -5.04. The summed E-state index contributed by atoms with van der Waals surface area (Å²) in [6.07, 6.45) is -5.04. The van der Waals surface area contributed by atoms with E-state index in [0.29, 0.717) is 0 Å². The summed E-state index contributed by atoms with van der Waals surface area (Å²) in [6.45, 7) is -0.257. The Morgan fingerprint density at radius 1 is 0.857 bits per heavy atom. The number of esters is 1. The van der Waals surface area contributed by atoms with E-state index in [-0.39, 0.29) is 49.6 Å². The predicted molar refractivity (Wildman–Crippen MR) is 114 cm³/mol. The van der Waals surface area contributed by atoms with Gasteiger partial charge in [0.15, 0.2) is 5.69 Å². The highest BCUT2D eigenvalue weighted by Crippen LogP contribution is 2.43. The number of anilines is 2. The molecule has 2 aromatic rings. The number of nitro groups is 3. The van der Waals surface area contributed by atoms with E-state index in [1.165, 1.54) is 21.9 Å². The molecule has 1 aliphatic rings. The fourth-order valence-corrected chi connectivity index (χ4v) is 3.72. The van der Waals surface area contributed by atoms with Crippen LogP contribution >= 0.6 is 0 Å². The molecule has 1 fully saturated rings. The van der Waals surface area contributed by atoms with E-state index in [4.69, 9.17) is 0 Å². The lowest BCUT2D eigenvalue weighted by atomic mass is 10.1. The molecule has 186 valence electrons. The molecule has 0 spiro atoms. The number of methoxy groups -OCH3 is 1. The van der Waals surface area contributed by atoms with Gasteiger partial charge in [-0.15, -0.1) is 0 Å². The molecule has 0 bridgehead atoms. The van der Waals surface area contributed by atoms with Crippen LogP contribution in [0, 0.1) is 30.3 Å². The number of hydrogen-bond acceptors (Lipinski definition) is 10. The van der Waals surface area contributed by atoms with Gasteiger partial charge in [0.05, 0.1) is 33.0 Å². The molecule has 2 aromatic carbocycles. The first-order valence-electron chi connectivity index (χ1n) is 9.75. The van der Waals surface area contributed by atoms with Crippen molar-refractivity contribution in [1.82, 2.24) is 0 Å². The fourth-order valence-electron chi connectivity index (χ4n) is 3.72. The van der Waals surface area contributed by atoms with E-state index in [9.17, 15) is 48.3 Å². The van der Waals surface area contributed by atoms with E-state index in [1.54, 1.807) is 0 Å². The smallest absolute Gasteiger partial charge is 0.416 e. The molecule has 1 saturated heterocycles. The zero-order valence-corrected chi connectivity index (χ0v) is 17.9. The lowest BCUT2D eigenvalue weighted by molar-refractivity contribution is -0.393. The van der Waals surface area contributed by atoms with Crippen LogP contribution in [0.2, 0.25) is 0 Å². The first-order valence-corrected chi connectivity index (χ1v) is 9.75. The number of alkyl halides is 3. The van der Waals surface area contributed by atoms with Crippen molar-refractivity contribution in [3.05, 3.63) is 71.8 Å². The zero-order chi connectivity index (χ0) is 26.1. The van der Waals surface area contributed by atoms with Gasteiger partial charge in [0.2, 0.25) is 0 Å². The van der Waals surface area contributed by atoms with Gasteiger partial charge in [-0.2, -0.15) is 13.2 Å². The number of halogens is 3. The lowest BCUT2D eigenvalue weighted by Gasteiger charge is -2.36. The number of benzene rings is 2.